The first-order valence-electron chi connectivity index (χ1n) is 6.51. The molecule has 0 fully saturated rings. The topological polar surface area (TPSA) is 9.23 Å². The molecular formula is C14H22OS. The van der Waals surface area contributed by atoms with E-state index in [9.17, 15) is 0 Å². The Hall–Kier alpha value is -0.340. The first-order chi connectivity index (χ1) is 7.75. The van der Waals surface area contributed by atoms with Crippen LogP contribution in [0.3, 0.4) is 0 Å². The van der Waals surface area contributed by atoms with Crippen LogP contribution in [-0.2, 0) is 23.2 Å². The molecule has 0 N–H and O–H groups in total. The van der Waals surface area contributed by atoms with Crippen LogP contribution in [0.2, 0.25) is 0 Å². The highest BCUT2D eigenvalue weighted by Gasteiger charge is 2.36. The van der Waals surface area contributed by atoms with Crippen molar-refractivity contribution < 1.29 is 4.74 Å². The fourth-order valence-electron chi connectivity index (χ4n) is 2.73. The molecule has 1 aromatic rings. The molecule has 1 nitrogen and oxygen atoms in total. The van der Waals surface area contributed by atoms with Crippen molar-refractivity contribution in [1.29, 1.82) is 0 Å². The zero-order valence-electron chi connectivity index (χ0n) is 10.6. The second-order valence-electron chi connectivity index (χ2n) is 4.60. The van der Waals surface area contributed by atoms with E-state index in [4.69, 9.17) is 4.74 Å². The van der Waals surface area contributed by atoms with Crippen LogP contribution in [0, 0.1) is 0 Å². The Labute approximate surface area is 103 Å². The third-order valence-electron chi connectivity index (χ3n) is 3.63. The summed E-state index contributed by atoms with van der Waals surface area (Å²) in [5, 5.41) is 0. The number of thiophene rings is 1. The molecule has 0 aliphatic carbocycles. The zero-order valence-corrected chi connectivity index (χ0v) is 11.5. The molecule has 90 valence electrons. The van der Waals surface area contributed by atoms with Crippen molar-refractivity contribution in [3.05, 3.63) is 21.4 Å². The molecule has 0 amide bonds. The lowest BCUT2D eigenvalue weighted by Crippen LogP contribution is -2.33. The van der Waals surface area contributed by atoms with Gasteiger partial charge in [0.05, 0.1) is 12.2 Å². The van der Waals surface area contributed by atoms with Gasteiger partial charge in [0.25, 0.3) is 0 Å². The van der Waals surface area contributed by atoms with Crippen molar-refractivity contribution in [2.45, 2.75) is 58.5 Å². The molecule has 0 radical (unpaired) electrons. The summed E-state index contributed by atoms with van der Waals surface area (Å²) in [6.45, 7) is 7.66. The summed E-state index contributed by atoms with van der Waals surface area (Å²) in [6, 6.07) is 2.40. The molecule has 2 heterocycles. The van der Waals surface area contributed by atoms with Crippen molar-refractivity contribution in [1.82, 2.24) is 0 Å². The third-order valence-corrected chi connectivity index (χ3v) is 4.97. The molecule has 1 atom stereocenters. The smallest absolute Gasteiger partial charge is 0.0939 e. The fraction of sp³-hybridized carbons (Fsp3) is 0.714. The molecule has 0 bridgehead atoms. The van der Waals surface area contributed by atoms with Gasteiger partial charge in [-0.2, -0.15) is 0 Å². The number of fused-ring (bicyclic) bond motifs is 1. The van der Waals surface area contributed by atoms with Gasteiger partial charge in [0.15, 0.2) is 0 Å². The monoisotopic (exact) mass is 238 g/mol. The van der Waals surface area contributed by atoms with Gasteiger partial charge in [-0.1, -0.05) is 27.2 Å². The van der Waals surface area contributed by atoms with E-state index in [-0.39, 0.29) is 5.60 Å². The van der Waals surface area contributed by atoms with Gasteiger partial charge >= 0.3 is 0 Å². The minimum absolute atomic E-state index is 0.0340. The standard InChI is InChI=1S/C14H22OS/c1-4-8-14(6-3)12-10-11(5-2)16-13(12)7-9-15-14/h10H,4-9H2,1-3H3. The van der Waals surface area contributed by atoms with E-state index in [2.05, 4.69) is 26.8 Å². The summed E-state index contributed by atoms with van der Waals surface area (Å²) in [7, 11) is 0. The van der Waals surface area contributed by atoms with E-state index in [0.717, 1.165) is 32.3 Å². The Morgan fingerprint density at radius 1 is 1.38 bits per heavy atom. The predicted molar refractivity (Wildman–Crippen MR) is 70.2 cm³/mol. The van der Waals surface area contributed by atoms with Gasteiger partial charge in [-0.05, 0) is 30.9 Å². The highest BCUT2D eigenvalue weighted by Crippen LogP contribution is 2.43. The largest absolute Gasteiger partial charge is 0.370 e. The zero-order chi connectivity index (χ0) is 11.6. The average Bonchev–Trinajstić information content (AvgIpc) is 2.73. The first-order valence-corrected chi connectivity index (χ1v) is 7.33. The van der Waals surface area contributed by atoms with Gasteiger partial charge in [-0.15, -0.1) is 11.3 Å². The second kappa shape index (κ2) is 4.89. The summed E-state index contributed by atoms with van der Waals surface area (Å²) >= 11 is 2.00. The lowest BCUT2D eigenvalue weighted by atomic mass is 9.84. The Bertz CT molecular complexity index is 356. The lowest BCUT2D eigenvalue weighted by Gasteiger charge is -2.37. The van der Waals surface area contributed by atoms with Crippen LogP contribution in [0.15, 0.2) is 6.07 Å². The van der Waals surface area contributed by atoms with Crippen molar-refractivity contribution in [3.63, 3.8) is 0 Å². The minimum atomic E-state index is 0.0340. The lowest BCUT2D eigenvalue weighted by molar-refractivity contribution is -0.0689. The number of hydrogen-bond donors (Lipinski definition) is 0. The molecule has 0 spiro atoms. The molecule has 2 heteroatoms. The van der Waals surface area contributed by atoms with E-state index in [0.29, 0.717) is 0 Å². The molecule has 1 aromatic heterocycles. The maximum Gasteiger partial charge on any atom is 0.0939 e. The normalized spacial score (nSPS) is 24.4. The van der Waals surface area contributed by atoms with Crippen molar-refractivity contribution in [2.24, 2.45) is 0 Å². The Kier molecular flexibility index (Phi) is 3.70. The van der Waals surface area contributed by atoms with Crippen molar-refractivity contribution in [3.8, 4) is 0 Å². The van der Waals surface area contributed by atoms with Crippen LogP contribution in [0.4, 0.5) is 0 Å². The van der Waals surface area contributed by atoms with Crippen LogP contribution >= 0.6 is 11.3 Å². The summed E-state index contributed by atoms with van der Waals surface area (Å²) in [5.74, 6) is 0. The van der Waals surface area contributed by atoms with Gasteiger partial charge in [-0.25, -0.2) is 0 Å². The van der Waals surface area contributed by atoms with Crippen molar-refractivity contribution in [2.75, 3.05) is 6.61 Å². The van der Waals surface area contributed by atoms with E-state index < -0.39 is 0 Å². The van der Waals surface area contributed by atoms with Crippen molar-refractivity contribution >= 4 is 11.3 Å². The summed E-state index contributed by atoms with van der Waals surface area (Å²) < 4.78 is 6.15. The van der Waals surface area contributed by atoms with E-state index >= 15 is 0 Å². The van der Waals surface area contributed by atoms with Crippen LogP contribution in [0.25, 0.3) is 0 Å². The highest BCUT2D eigenvalue weighted by molar-refractivity contribution is 7.12. The summed E-state index contributed by atoms with van der Waals surface area (Å²) in [4.78, 5) is 3.10. The van der Waals surface area contributed by atoms with Gasteiger partial charge < -0.3 is 4.74 Å². The number of aryl methyl sites for hydroxylation is 1. The van der Waals surface area contributed by atoms with Gasteiger partial charge in [0.2, 0.25) is 0 Å². The number of rotatable bonds is 4. The van der Waals surface area contributed by atoms with Gasteiger partial charge in [-0.3, -0.25) is 0 Å². The molecule has 0 aromatic carbocycles. The number of ether oxygens (including phenoxy) is 1. The van der Waals surface area contributed by atoms with Gasteiger partial charge in [0.1, 0.15) is 0 Å². The number of hydrogen-bond acceptors (Lipinski definition) is 2. The first kappa shape index (κ1) is 12.1. The second-order valence-corrected chi connectivity index (χ2v) is 5.82. The van der Waals surface area contributed by atoms with E-state index in [1.165, 1.54) is 16.9 Å². The van der Waals surface area contributed by atoms with Crippen LogP contribution in [0.1, 0.15) is 55.4 Å². The molecule has 0 saturated heterocycles. The van der Waals surface area contributed by atoms with Crippen LogP contribution in [-0.4, -0.2) is 6.61 Å². The SMILES string of the molecule is CCCC1(CC)OCCc2sc(CC)cc21. The molecule has 16 heavy (non-hydrogen) atoms. The Morgan fingerprint density at radius 2 is 2.19 bits per heavy atom. The van der Waals surface area contributed by atoms with Crippen LogP contribution < -0.4 is 0 Å². The Balaban J connectivity index is 2.40. The quantitative estimate of drug-likeness (QED) is 0.760. The maximum atomic E-state index is 6.15. The van der Waals surface area contributed by atoms with Gasteiger partial charge in [0, 0.05) is 16.2 Å². The maximum absolute atomic E-state index is 6.15. The molecule has 1 unspecified atom stereocenters. The summed E-state index contributed by atoms with van der Waals surface area (Å²) in [6.07, 6.45) is 5.74. The predicted octanol–water partition coefficient (Wildman–Crippen LogP) is 4.29. The third kappa shape index (κ3) is 1.93. The molecule has 2 rings (SSSR count). The Morgan fingerprint density at radius 3 is 2.81 bits per heavy atom. The summed E-state index contributed by atoms with van der Waals surface area (Å²) in [5.41, 5.74) is 1.54. The fourth-order valence-corrected chi connectivity index (χ4v) is 3.90. The van der Waals surface area contributed by atoms with E-state index in [1.54, 1.807) is 4.88 Å². The van der Waals surface area contributed by atoms with E-state index in [1.807, 2.05) is 11.3 Å². The molecular weight excluding hydrogens is 216 g/mol. The molecule has 1 aliphatic heterocycles. The average molecular weight is 238 g/mol. The molecule has 0 saturated carbocycles. The minimum Gasteiger partial charge on any atom is -0.370 e. The van der Waals surface area contributed by atoms with Crippen LogP contribution in [0.5, 0.6) is 0 Å². The molecule has 1 aliphatic rings. The highest BCUT2D eigenvalue weighted by atomic mass is 32.1.